The van der Waals surface area contributed by atoms with Crippen LogP contribution in [0.1, 0.15) is 64.0 Å². The van der Waals surface area contributed by atoms with E-state index < -0.39 is 0 Å². The molecule has 1 heteroatoms. The van der Waals surface area contributed by atoms with E-state index in [1.807, 2.05) is 0 Å². The number of ether oxygens (including phenoxy) is 1. The maximum absolute atomic E-state index is 5.98. The molecule has 0 aliphatic rings. The summed E-state index contributed by atoms with van der Waals surface area (Å²) in [7, 11) is 0. The Hall–Kier alpha value is -1.60. The lowest BCUT2D eigenvalue weighted by molar-refractivity contribution is 0.0627. The lowest BCUT2D eigenvalue weighted by atomic mass is 10.0. The van der Waals surface area contributed by atoms with Gasteiger partial charge in [0.15, 0.2) is 0 Å². The second kappa shape index (κ2) is 10.2. The molecule has 23 heavy (non-hydrogen) atoms. The molecule has 0 aromatic heterocycles. The van der Waals surface area contributed by atoms with Crippen molar-refractivity contribution in [2.45, 2.75) is 58.5 Å². The molecule has 1 atom stereocenters. The Balaban J connectivity index is 1.74. The van der Waals surface area contributed by atoms with Crippen molar-refractivity contribution in [3.8, 4) is 11.1 Å². The molecule has 0 aliphatic heterocycles. The highest BCUT2D eigenvalue weighted by Crippen LogP contribution is 2.23. The van der Waals surface area contributed by atoms with Gasteiger partial charge in [-0.3, -0.25) is 0 Å². The van der Waals surface area contributed by atoms with Crippen LogP contribution in [0, 0.1) is 0 Å². The Kier molecular flexibility index (Phi) is 7.89. The molecule has 0 N–H and O–H groups in total. The summed E-state index contributed by atoms with van der Waals surface area (Å²) in [6, 6.07) is 19.3. The standard InChI is InChI=1S/C22H30O/c1-3-4-5-6-7-11-18-23-19(2)20-14-16-22(17-15-20)21-12-9-8-10-13-21/h8-10,12-17,19H,3-7,11,18H2,1-2H3. The van der Waals surface area contributed by atoms with Gasteiger partial charge in [-0.05, 0) is 30.0 Å². The minimum absolute atomic E-state index is 0.176. The molecular formula is C22H30O. The lowest BCUT2D eigenvalue weighted by Crippen LogP contribution is -2.01. The fourth-order valence-electron chi connectivity index (χ4n) is 2.82. The number of rotatable bonds is 10. The normalized spacial score (nSPS) is 12.3. The Labute approximate surface area is 141 Å². The van der Waals surface area contributed by atoms with Gasteiger partial charge in [0.2, 0.25) is 0 Å². The molecule has 0 bridgehead atoms. The molecule has 0 fully saturated rings. The molecule has 1 nitrogen and oxygen atoms in total. The molecule has 0 radical (unpaired) electrons. The van der Waals surface area contributed by atoms with E-state index in [-0.39, 0.29) is 6.10 Å². The predicted molar refractivity (Wildman–Crippen MR) is 99.6 cm³/mol. The van der Waals surface area contributed by atoms with E-state index in [0.717, 1.165) is 6.61 Å². The zero-order valence-electron chi connectivity index (χ0n) is 14.6. The average Bonchev–Trinajstić information content (AvgIpc) is 2.61. The largest absolute Gasteiger partial charge is 0.374 e. The summed E-state index contributed by atoms with van der Waals surface area (Å²) in [4.78, 5) is 0. The first-order valence-corrected chi connectivity index (χ1v) is 9.08. The second-order valence-electron chi connectivity index (χ2n) is 6.27. The zero-order chi connectivity index (χ0) is 16.3. The molecule has 0 aliphatic carbocycles. The van der Waals surface area contributed by atoms with Gasteiger partial charge in [-0.2, -0.15) is 0 Å². The van der Waals surface area contributed by atoms with Gasteiger partial charge in [-0.15, -0.1) is 0 Å². The fourth-order valence-corrected chi connectivity index (χ4v) is 2.82. The summed E-state index contributed by atoms with van der Waals surface area (Å²) in [6.45, 7) is 5.27. The SMILES string of the molecule is CCCCCCCCOC(C)c1ccc(-c2ccccc2)cc1. The van der Waals surface area contributed by atoms with Crippen LogP contribution in [0.3, 0.4) is 0 Å². The first-order chi connectivity index (χ1) is 11.3. The van der Waals surface area contributed by atoms with Crippen molar-refractivity contribution in [1.82, 2.24) is 0 Å². The Morgan fingerprint density at radius 3 is 2.04 bits per heavy atom. The van der Waals surface area contributed by atoms with Gasteiger partial charge in [-0.1, -0.05) is 93.6 Å². The summed E-state index contributed by atoms with van der Waals surface area (Å²) in [5, 5.41) is 0. The maximum Gasteiger partial charge on any atom is 0.0796 e. The van der Waals surface area contributed by atoms with Crippen molar-refractivity contribution in [2.75, 3.05) is 6.61 Å². The third-order valence-corrected chi connectivity index (χ3v) is 4.35. The summed E-state index contributed by atoms with van der Waals surface area (Å²) in [5.74, 6) is 0. The van der Waals surface area contributed by atoms with Crippen LogP contribution in [0.15, 0.2) is 54.6 Å². The molecule has 2 aromatic rings. The van der Waals surface area contributed by atoms with Gasteiger partial charge in [0.1, 0.15) is 0 Å². The van der Waals surface area contributed by atoms with E-state index in [4.69, 9.17) is 4.74 Å². The molecule has 1 unspecified atom stereocenters. The topological polar surface area (TPSA) is 9.23 Å². The summed E-state index contributed by atoms with van der Waals surface area (Å²) in [6.07, 6.45) is 8.04. The van der Waals surface area contributed by atoms with Crippen molar-refractivity contribution in [1.29, 1.82) is 0 Å². The zero-order valence-corrected chi connectivity index (χ0v) is 14.6. The predicted octanol–water partition coefficient (Wildman–Crippen LogP) is 6.79. The Morgan fingerprint density at radius 1 is 0.739 bits per heavy atom. The molecule has 0 saturated heterocycles. The lowest BCUT2D eigenvalue weighted by Gasteiger charge is -2.14. The number of hydrogen-bond acceptors (Lipinski definition) is 1. The van der Waals surface area contributed by atoms with Gasteiger partial charge < -0.3 is 4.74 Å². The summed E-state index contributed by atoms with van der Waals surface area (Å²) < 4.78 is 5.98. The number of hydrogen-bond donors (Lipinski definition) is 0. The van der Waals surface area contributed by atoms with Gasteiger partial charge in [0.25, 0.3) is 0 Å². The van der Waals surface area contributed by atoms with Crippen molar-refractivity contribution < 1.29 is 4.74 Å². The molecule has 0 amide bonds. The van der Waals surface area contributed by atoms with E-state index in [1.54, 1.807) is 0 Å². The average molecular weight is 310 g/mol. The highest BCUT2D eigenvalue weighted by atomic mass is 16.5. The van der Waals surface area contributed by atoms with Crippen molar-refractivity contribution in [3.63, 3.8) is 0 Å². The molecule has 0 heterocycles. The van der Waals surface area contributed by atoms with Crippen molar-refractivity contribution in [2.24, 2.45) is 0 Å². The van der Waals surface area contributed by atoms with Crippen LogP contribution in [-0.2, 0) is 4.74 Å². The van der Waals surface area contributed by atoms with Crippen molar-refractivity contribution >= 4 is 0 Å². The fraction of sp³-hybridized carbons (Fsp3) is 0.455. The monoisotopic (exact) mass is 310 g/mol. The Morgan fingerprint density at radius 2 is 1.35 bits per heavy atom. The maximum atomic E-state index is 5.98. The molecule has 2 aromatic carbocycles. The first kappa shape index (κ1) is 17.7. The quantitative estimate of drug-likeness (QED) is 0.439. The molecule has 0 spiro atoms. The van der Waals surface area contributed by atoms with Crippen LogP contribution in [0.4, 0.5) is 0 Å². The minimum atomic E-state index is 0.176. The molecular weight excluding hydrogens is 280 g/mol. The smallest absolute Gasteiger partial charge is 0.0796 e. The van der Waals surface area contributed by atoms with Gasteiger partial charge in [0.05, 0.1) is 6.10 Å². The molecule has 124 valence electrons. The van der Waals surface area contributed by atoms with Crippen LogP contribution in [0.2, 0.25) is 0 Å². The highest BCUT2D eigenvalue weighted by molar-refractivity contribution is 5.63. The Bertz CT molecular complexity index is 530. The van der Waals surface area contributed by atoms with Gasteiger partial charge >= 0.3 is 0 Å². The third-order valence-electron chi connectivity index (χ3n) is 4.35. The van der Waals surface area contributed by atoms with E-state index >= 15 is 0 Å². The summed E-state index contributed by atoms with van der Waals surface area (Å²) >= 11 is 0. The van der Waals surface area contributed by atoms with Crippen LogP contribution in [0.25, 0.3) is 11.1 Å². The van der Waals surface area contributed by atoms with Crippen LogP contribution < -0.4 is 0 Å². The van der Waals surface area contributed by atoms with Crippen LogP contribution >= 0.6 is 0 Å². The van der Waals surface area contributed by atoms with E-state index in [2.05, 4.69) is 68.4 Å². The van der Waals surface area contributed by atoms with E-state index in [0.29, 0.717) is 0 Å². The molecule has 2 rings (SSSR count). The van der Waals surface area contributed by atoms with Crippen LogP contribution in [0.5, 0.6) is 0 Å². The minimum Gasteiger partial charge on any atom is -0.374 e. The highest BCUT2D eigenvalue weighted by Gasteiger charge is 2.06. The molecule has 0 saturated carbocycles. The van der Waals surface area contributed by atoms with Crippen molar-refractivity contribution in [3.05, 3.63) is 60.2 Å². The first-order valence-electron chi connectivity index (χ1n) is 9.08. The second-order valence-corrected chi connectivity index (χ2v) is 6.27. The third kappa shape index (κ3) is 6.19. The number of benzene rings is 2. The van der Waals surface area contributed by atoms with E-state index in [9.17, 15) is 0 Å². The van der Waals surface area contributed by atoms with Crippen LogP contribution in [-0.4, -0.2) is 6.61 Å². The van der Waals surface area contributed by atoms with E-state index in [1.165, 1.54) is 55.2 Å². The summed E-state index contributed by atoms with van der Waals surface area (Å²) in [5.41, 5.74) is 3.79. The number of unbranched alkanes of at least 4 members (excludes halogenated alkanes) is 5. The van der Waals surface area contributed by atoms with Gasteiger partial charge in [0, 0.05) is 6.61 Å². The van der Waals surface area contributed by atoms with Gasteiger partial charge in [-0.25, -0.2) is 0 Å².